The fourth-order valence-corrected chi connectivity index (χ4v) is 1.86. The zero-order chi connectivity index (χ0) is 14.4. The monoisotopic (exact) mass is 270 g/mol. The van der Waals surface area contributed by atoms with Gasteiger partial charge in [0.2, 0.25) is 0 Å². The molecule has 0 aliphatic carbocycles. The molecule has 0 spiro atoms. The van der Waals surface area contributed by atoms with Crippen LogP contribution in [-0.2, 0) is 6.54 Å². The van der Waals surface area contributed by atoms with E-state index in [1.54, 1.807) is 12.1 Å². The molecule has 0 unspecified atom stereocenters. The van der Waals surface area contributed by atoms with Crippen molar-refractivity contribution in [1.29, 1.82) is 0 Å². The van der Waals surface area contributed by atoms with Gasteiger partial charge < -0.3 is 15.8 Å². The summed E-state index contributed by atoms with van der Waals surface area (Å²) in [6.07, 6.45) is 0. The van der Waals surface area contributed by atoms with E-state index in [9.17, 15) is 4.79 Å². The second kappa shape index (κ2) is 6.73. The smallest absolute Gasteiger partial charge is 0.259 e. The van der Waals surface area contributed by atoms with Crippen LogP contribution in [0.2, 0.25) is 0 Å². The Kier molecular flexibility index (Phi) is 4.74. The second-order valence-corrected chi connectivity index (χ2v) is 4.28. The maximum atomic E-state index is 12.2. The Hall–Kier alpha value is -2.33. The molecule has 2 rings (SSSR count). The third kappa shape index (κ3) is 3.36. The van der Waals surface area contributed by atoms with E-state index in [-0.39, 0.29) is 5.91 Å². The number of hydrogen-bond acceptors (Lipinski definition) is 3. The molecule has 4 heteroatoms. The Bertz CT molecular complexity index is 579. The van der Waals surface area contributed by atoms with Crippen LogP contribution in [0.3, 0.4) is 0 Å². The maximum absolute atomic E-state index is 12.2. The molecule has 3 N–H and O–H groups in total. The van der Waals surface area contributed by atoms with Crippen molar-refractivity contribution in [1.82, 2.24) is 0 Å². The van der Waals surface area contributed by atoms with E-state index >= 15 is 0 Å². The quantitative estimate of drug-likeness (QED) is 0.878. The molecule has 0 radical (unpaired) electrons. The summed E-state index contributed by atoms with van der Waals surface area (Å²) >= 11 is 0. The van der Waals surface area contributed by atoms with Gasteiger partial charge in [0.1, 0.15) is 5.75 Å². The number of nitrogens with one attached hydrogen (secondary N) is 1. The number of anilines is 1. The van der Waals surface area contributed by atoms with E-state index in [2.05, 4.69) is 5.32 Å². The van der Waals surface area contributed by atoms with Crippen molar-refractivity contribution >= 4 is 11.6 Å². The van der Waals surface area contributed by atoms with Crippen molar-refractivity contribution in [3.63, 3.8) is 0 Å². The summed E-state index contributed by atoms with van der Waals surface area (Å²) in [5.74, 6) is 0.403. The van der Waals surface area contributed by atoms with Gasteiger partial charge in [-0.3, -0.25) is 4.79 Å². The van der Waals surface area contributed by atoms with Crippen LogP contribution in [0.4, 0.5) is 5.69 Å². The van der Waals surface area contributed by atoms with Crippen molar-refractivity contribution in [3.05, 3.63) is 59.7 Å². The zero-order valence-electron chi connectivity index (χ0n) is 11.4. The molecule has 0 aromatic heterocycles. The van der Waals surface area contributed by atoms with E-state index in [1.165, 1.54) is 0 Å². The van der Waals surface area contributed by atoms with Crippen molar-refractivity contribution in [2.45, 2.75) is 13.5 Å². The third-order valence-corrected chi connectivity index (χ3v) is 2.88. The summed E-state index contributed by atoms with van der Waals surface area (Å²) in [4.78, 5) is 12.2. The maximum Gasteiger partial charge on any atom is 0.259 e. The lowest BCUT2D eigenvalue weighted by Gasteiger charge is -2.10. The number of hydrogen-bond donors (Lipinski definition) is 2. The molecule has 0 bridgehead atoms. The Labute approximate surface area is 118 Å². The molecule has 0 aliphatic rings. The van der Waals surface area contributed by atoms with E-state index in [0.29, 0.717) is 24.5 Å². The predicted octanol–water partition coefficient (Wildman–Crippen LogP) is 2.80. The van der Waals surface area contributed by atoms with Crippen LogP contribution in [0.5, 0.6) is 5.75 Å². The molecule has 0 heterocycles. The van der Waals surface area contributed by atoms with Crippen LogP contribution in [0.15, 0.2) is 48.5 Å². The molecule has 104 valence electrons. The van der Waals surface area contributed by atoms with Gasteiger partial charge in [0.15, 0.2) is 0 Å². The number of para-hydroxylation sites is 1. The normalized spacial score (nSPS) is 10.1. The van der Waals surface area contributed by atoms with Gasteiger partial charge in [-0.2, -0.15) is 0 Å². The molecule has 1 amide bonds. The van der Waals surface area contributed by atoms with Crippen LogP contribution >= 0.6 is 0 Å². The minimum absolute atomic E-state index is 0.186. The van der Waals surface area contributed by atoms with Gasteiger partial charge in [-0.15, -0.1) is 0 Å². The number of benzene rings is 2. The highest BCUT2D eigenvalue weighted by molar-refractivity contribution is 6.06. The summed E-state index contributed by atoms with van der Waals surface area (Å²) in [7, 11) is 0. The van der Waals surface area contributed by atoms with Crippen molar-refractivity contribution < 1.29 is 9.53 Å². The zero-order valence-corrected chi connectivity index (χ0v) is 11.4. The van der Waals surface area contributed by atoms with Crippen molar-refractivity contribution in [3.8, 4) is 5.75 Å². The molecular weight excluding hydrogens is 252 g/mol. The first-order valence-corrected chi connectivity index (χ1v) is 6.56. The summed E-state index contributed by atoms with van der Waals surface area (Å²) in [6, 6.07) is 14.7. The minimum Gasteiger partial charge on any atom is -0.493 e. The van der Waals surface area contributed by atoms with Gasteiger partial charge in [0.05, 0.1) is 12.2 Å². The van der Waals surface area contributed by atoms with E-state index < -0.39 is 0 Å². The first kappa shape index (κ1) is 14.1. The summed E-state index contributed by atoms with van der Waals surface area (Å²) in [6.45, 7) is 2.90. The van der Waals surface area contributed by atoms with Gasteiger partial charge in [-0.1, -0.05) is 24.3 Å². The number of carbonyl (C=O) groups is 1. The third-order valence-electron chi connectivity index (χ3n) is 2.88. The molecule has 20 heavy (non-hydrogen) atoms. The van der Waals surface area contributed by atoms with Gasteiger partial charge in [-0.25, -0.2) is 0 Å². The molecule has 4 nitrogen and oxygen atoms in total. The molecular formula is C16H18N2O2. The first-order valence-electron chi connectivity index (χ1n) is 6.56. The highest BCUT2D eigenvalue weighted by Gasteiger charge is 2.11. The summed E-state index contributed by atoms with van der Waals surface area (Å²) in [5.41, 5.74) is 7.83. The fourth-order valence-electron chi connectivity index (χ4n) is 1.86. The first-order chi connectivity index (χ1) is 9.74. The fraction of sp³-hybridized carbons (Fsp3) is 0.188. The molecule has 0 aliphatic heterocycles. The average Bonchev–Trinajstić information content (AvgIpc) is 2.49. The van der Waals surface area contributed by atoms with Gasteiger partial charge in [0, 0.05) is 12.2 Å². The molecule has 0 fully saturated rings. The largest absolute Gasteiger partial charge is 0.493 e. The lowest BCUT2D eigenvalue weighted by Crippen LogP contribution is -2.13. The van der Waals surface area contributed by atoms with Crippen LogP contribution in [-0.4, -0.2) is 12.5 Å². The summed E-state index contributed by atoms with van der Waals surface area (Å²) in [5, 5.41) is 2.85. The lowest BCUT2D eigenvalue weighted by atomic mass is 10.1. The number of rotatable bonds is 5. The topological polar surface area (TPSA) is 64.3 Å². The molecule has 2 aromatic carbocycles. The van der Waals surface area contributed by atoms with Gasteiger partial charge >= 0.3 is 0 Å². The Morgan fingerprint density at radius 2 is 1.85 bits per heavy atom. The number of amides is 1. The summed E-state index contributed by atoms with van der Waals surface area (Å²) < 4.78 is 5.45. The average molecular weight is 270 g/mol. The van der Waals surface area contributed by atoms with Crippen molar-refractivity contribution in [2.75, 3.05) is 11.9 Å². The Morgan fingerprint density at radius 1 is 1.15 bits per heavy atom. The predicted molar refractivity (Wildman–Crippen MR) is 79.9 cm³/mol. The lowest BCUT2D eigenvalue weighted by molar-refractivity contribution is 0.102. The highest BCUT2D eigenvalue weighted by Crippen LogP contribution is 2.19. The molecule has 2 aromatic rings. The van der Waals surface area contributed by atoms with Crippen molar-refractivity contribution in [2.24, 2.45) is 5.73 Å². The second-order valence-electron chi connectivity index (χ2n) is 4.28. The molecule has 0 saturated heterocycles. The van der Waals surface area contributed by atoms with Crippen LogP contribution in [0, 0.1) is 0 Å². The number of carbonyl (C=O) groups excluding carboxylic acids is 1. The minimum atomic E-state index is -0.186. The van der Waals surface area contributed by atoms with E-state index in [0.717, 1.165) is 11.3 Å². The molecule has 0 atom stereocenters. The SMILES string of the molecule is CCOc1ccccc1C(=O)Nc1ccc(CN)cc1. The standard InChI is InChI=1S/C16H18N2O2/c1-2-20-15-6-4-3-5-14(15)16(19)18-13-9-7-12(11-17)8-10-13/h3-10H,2,11,17H2,1H3,(H,18,19). The Morgan fingerprint density at radius 3 is 2.50 bits per heavy atom. The Balaban J connectivity index is 2.15. The van der Waals surface area contributed by atoms with E-state index in [4.69, 9.17) is 10.5 Å². The number of nitrogens with two attached hydrogens (primary N) is 1. The van der Waals surface area contributed by atoms with Crippen LogP contribution < -0.4 is 15.8 Å². The van der Waals surface area contributed by atoms with Gasteiger partial charge in [-0.05, 0) is 36.8 Å². The molecule has 0 saturated carbocycles. The van der Waals surface area contributed by atoms with Crippen LogP contribution in [0.1, 0.15) is 22.8 Å². The van der Waals surface area contributed by atoms with E-state index in [1.807, 2.05) is 43.3 Å². The van der Waals surface area contributed by atoms with Gasteiger partial charge in [0.25, 0.3) is 5.91 Å². The number of ether oxygens (including phenoxy) is 1. The van der Waals surface area contributed by atoms with Crippen LogP contribution in [0.25, 0.3) is 0 Å². The highest BCUT2D eigenvalue weighted by atomic mass is 16.5.